The van der Waals surface area contributed by atoms with Crippen LogP contribution in [0.3, 0.4) is 0 Å². The summed E-state index contributed by atoms with van der Waals surface area (Å²) in [4.78, 5) is 4.54. The molecule has 0 spiro atoms. The Labute approximate surface area is 127 Å². The number of hydrogen-bond acceptors (Lipinski definition) is 5. The topological polar surface area (TPSA) is 59.8 Å². The number of nitrogens with zero attached hydrogens (tertiary/aromatic N) is 1. The molecular formula is C17H16N2O3. The maximum atomic E-state index is 5.81. The monoisotopic (exact) mass is 296 g/mol. The Bertz CT molecular complexity index is 791. The normalized spacial score (nSPS) is 16.7. The average Bonchev–Trinajstić information content (AvgIpc) is 3.30. The zero-order chi connectivity index (χ0) is 14.9. The van der Waals surface area contributed by atoms with Gasteiger partial charge in [0.1, 0.15) is 24.0 Å². The van der Waals surface area contributed by atoms with Gasteiger partial charge in [-0.1, -0.05) is 0 Å². The summed E-state index contributed by atoms with van der Waals surface area (Å²) in [5, 5.41) is 3.09. The van der Waals surface area contributed by atoms with Crippen LogP contribution in [0, 0.1) is 0 Å². The summed E-state index contributed by atoms with van der Waals surface area (Å²) in [6.45, 7) is 1.38. The van der Waals surface area contributed by atoms with E-state index in [-0.39, 0.29) is 6.10 Å². The lowest BCUT2D eigenvalue weighted by Gasteiger charge is -2.02. The van der Waals surface area contributed by atoms with Crippen molar-refractivity contribution in [2.45, 2.75) is 6.10 Å². The fourth-order valence-corrected chi connectivity index (χ4v) is 2.25. The second-order valence-electron chi connectivity index (χ2n) is 5.24. The van der Waals surface area contributed by atoms with E-state index in [1.54, 1.807) is 0 Å². The molecule has 1 unspecified atom stereocenters. The van der Waals surface area contributed by atoms with E-state index in [4.69, 9.17) is 13.9 Å². The molecule has 2 aromatic carbocycles. The molecule has 2 heterocycles. The molecule has 5 heteroatoms. The van der Waals surface area contributed by atoms with Gasteiger partial charge in [0.05, 0.1) is 6.61 Å². The first-order chi connectivity index (χ1) is 10.8. The third-order valence-corrected chi connectivity index (χ3v) is 3.62. The number of aromatic nitrogens is 1. The van der Waals surface area contributed by atoms with Crippen LogP contribution in [0.25, 0.3) is 22.6 Å². The maximum Gasteiger partial charge on any atom is 0.227 e. The molecular weight excluding hydrogens is 280 g/mol. The molecule has 112 valence electrons. The van der Waals surface area contributed by atoms with Crippen LogP contribution in [0.1, 0.15) is 0 Å². The van der Waals surface area contributed by atoms with E-state index in [2.05, 4.69) is 10.3 Å². The SMILES string of the molecule is CNc1ccc(-c2nc3cc(OCC4CO4)ccc3o2)cc1. The first kappa shape index (κ1) is 13.2. The second kappa shape index (κ2) is 5.35. The van der Waals surface area contributed by atoms with E-state index in [0.717, 1.165) is 34.7 Å². The van der Waals surface area contributed by atoms with Gasteiger partial charge in [-0.15, -0.1) is 0 Å². The van der Waals surface area contributed by atoms with Crippen molar-refractivity contribution in [2.75, 3.05) is 25.6 Å². The molecule has 1 aromatic heterocycles. The van der Waals surface area contributed by atoms with E-state index in [9.17, 15) is 0 Å². The molecule has 5 nitrogen and oxygen atoms in total. The molecule has 3 aromatic rings. The van der Waals surface area contributed by atoms with Crippen molar-refractivity contribution < 1.29 is 13.9 Å². The van der Waals surface area contributed by atoms with Crippen molar-refractivity contribution in [3.05, 3.63) is 42.5 Å². The highest BCUT2D eigenvalue weighted by molar-refractivity contribution is 5.78. The van der Waals surface area contributed by atoms with Crippen LogP contribution in [-0.2, 0) is 4.74 Å². The van der Waals surface area contributed by atoms with E-state index in [0.29, 0.717) is 12.5 Å². The highest BCUT2D eigenvalue weighted by Crippen LogP contribution is 2.28. The average molecular weight is 296 g/mol. The van der Waals surface area contributed by atoms with Crippen molar-refractivity contribution >= 4 is 16.8 Å². The van der Waals surface area contributed by atoms with Gasteiger partial charge in [0.15, 0.2) is 5.58 Å². The van der Waals surface area contributed by atoms with Gasteiger partial charge >= 0.3 is 0 Å². The molecule has 1 N–H and O–H groups in total. The lowest BCUT2D eigenvalue weighted by molar-refractivity contribution is 0.263. The summed E-state index contributed by atoms with van der Waals surface area (Å²) in [5.74, 6) is 1.40. The summed E-state index contributed by atoms with van der Waals surface area (Å²) >= 11 is 0. The van der Waals surface area contributed by atoms with E-state index in [1.165, 1.54) is 0 Å². The van der Waals surface area contributed by atoms with Gasteiger partial charge in [-0.2, -0.15) is 0 Å². The minimum Gasteiger partial charge on any atom is -0.491 e. The van der Waals surface area contributed by atoms with E-state index < -0.39 is 0 Å². The quantitative estimate of drug-likeness (QED) is 0.732. The van der Waals surface area contributed by atoms with Gasteiger partial charge in [0.25, 0.3) is 0 Å². The Morgan fingerprint density at radius 2 is 2.05 bits per heavy atom. The Morgan fingerprint density at radius 3 is 2.77 bits per heavy atom. The molecule has 1 atom stereocenters. The van der Waals surface area contributed by atoms with Gasteiger partial charge in [-0.25, -0.2) is 4.98 Å². The Hall–Kier alpha value is -2.53. The molecule has 0 aliphatic carbocycles. The number of benzene rings is 2. The third-order valence-electron chi connectivity index (χ3n) is 3.62. The summed E-state index contributed by atoms with van der Waals surface area (Å²) in [7, 11) is 1.89. The third kappa shape index (κ3) is 2.63. The number of nitrogens with one attached hydrogen (secondary N) is 1. The van der Waals surface area contributed by atoms with Gasteiger partial charge in [0.2, 0.25) is 5.89 Å². The van der Waals surface area contributed by atoms with E-state index in [1.807, 2.05) is 49.5 Å². The number of ether oxygens (including phenoxy) is 2. The van der Waals surface area contributed by atoms with Gasteiger partial charge in [-0.3, -0.25) is 0 Å². The largest absolute Gasteiger partial charge is 0.491 e. The number of fused-ring (bicyclic) bond motifs is 1. The standard InChI is InChI=1S/C17H16N2O3/c1-18-12-4-2-11(3-5-12)17-19-15-8-13(6-7-16(15)22-17)20-9-14-10-21-14/h2-8,14,18H,9-10H2,1H3. The summed E-state index contributed by atoms with van der Waals surface area (Å²) in [5.41, 5.74) is 3.55. The predicted molar refractivity (Wildman–Crippen MR) is 84.2 cm³/mol. The highest BCUT2D eigenvalue weighted by atomic mass is 16.6. The Balaban J connectivity index is 1.60. The lowest BCUT2D eigenvalue weighted by atomic mass is 10.2. The van der Waals surface area contributed by atoms with Gasteiger partial charge < -0.3 is 19.2 Å². The number of hydrogen-bond donors (Lipinski definition) is 1. The number of oxazole rings is 1. The molecule has 4 rings (SSSR count). The molecule has 1 aliphatic heterocycles. The second-order valence-corrected chi connectivity index (χ2v) is 5.24. The number of anilines is 1. The zero-order valence-electron chi connectivity index (χ0n) is 12.2. The predicted octanol–water partition coefficient (Wildman–Crippen LogP) is 3.31. The van der Waals surface area contributed by atoms with Crippen LogP contribution in [-0.4, -0.2) is 31.3 Å². The Kier molecular flexibility index (Phi) is 3.20. The molecule has 1 aliphatic rings. The highest BCUT2D eigenvalue weighted by Gasteiger charge is 2.23. The van der Waals surface area contributed by atoms with E-state index >= 15 is 0 Å². The molecule has 0 saturated carbocycles. The minimum absolute atomic E-state index is 0.245. The molecule has 1 fully saturated rings. The fourth-order valence-electron chi connectivity index (χ4n) is 2.25. The van der Waals surface area contributed by atoms with Crippen LogP contribution in [0.15, 0.2) is 46.9 Å². The summed E-state index contributed by atoms with van der Waals surface area (Å²) in [6.07, 6.45) is 0.245. The van der Waals surface area contributed by atoms with Crippen molar-refractivity contribution in [2.24, 2.45) is 0 Å². The first-order valence-electron chi connectivity index (χ1n) is 7.25. The van der Waals surface area contributed by atoms with Crippen LogP contribution in [0.4, 0.5) is 5.69 Å². The maximum absolute atomic E-state index is 5.81. The molecule has 0 amide bonds. The van der Waals surface area contributed by atoms with Crippen molar-refractivity contribution in [3.63, 3.8) is 0 Å². The number of epoxide rings is 1. The van der Waals surface area contributed by atoms with Gasteiger partial charge in [-0.05, 0) is 36.4 Å². The van der Waals surface area contributed by atoms with Crippen LogP contribution in [0.5, 0.6) is 5.75 Å². The van der Waals surface area contributed by atoms with Crippen LogP contribution < -0.4 is 10.1 Å². The first-order valence-corrected chi connectivity index (χ1v) is 7.25. The molecule has 0 radical (unpaired) electrons. The zero-order valence-corrected chi connectivity index (χ0v) is 12.2. The van der Waals surface area contributed by atoms with Gasteiger partial charge in [0, 0.05) is 24.4 Å². The minimum atomic E-state index is 0.245. The fraction of sp³-hybridized carbons (Fsp3) is 0.235. The van der Waals surface area contributed by atoms with Crippen LogP contribution >= 0.6 is 0 Å². The summed E-state index contributed by atoms with van der Waals surface area (Å²) in [6, 6.07) is 13.6. The Morgan fingerprint density at radius 1 is 1.23 bits per heavy atom. The van der Waals surface area contributed by atoms with Crippen molar-refractivity contribution in [1.29, 1.82) is 0 Å². The van der Waals surface area contributed by atoms with Crippen molar-refractivity contribution in [3.8, 4) is 17.2 Å². The van der Waals surface area contributed by atoms with Crippen molar-refractivity contribution in [1.82, 2.24) is 4.98 Å². The lowest BCUT2D eigenvalue weighted by Crippen LogP contribution is -2.03. The smallest absolute Gasteiger partial charge is 0.227 e. The number of rotatable bonds is 5. The molecule has 22 heavy (non-hydrogen) atoms. The molecule has 1 saturated heterocycles. The van der Waals surface area contributed by atoms with Crippen LogP contribution in [0.2, 0.25) is 0 Å². The summed E-state index contributed by atoms with van der Waals surface area (Å²) < 4.78 is 16.6. The molecule has 0 bridgehead atoms.